The summed E-state index contributed by atoms with van der Waals surface area (Å²) in [4.78, 5) is 29.4. The number of nitrogens with zero attached hydrogens (tertiary/aromatic N) is 1. The third-order valence-corrected chi connectivity index (χ3v) is 3.96. The molecule has 1 rings (SSSR count). The molecule has 5 N–H and O–H groups in total. The van der Waals surface area contributed by atoms with Gasteiger partial charge in [0, 0.05) is 12.6 Å². The molecule has 1 fully saturated rings. The fraction of sp³-hybridized carbons (Fsp3) is 0.857. The summed E-state index contributed by atoms with van der Waals surface area (Å²) < 4.78 is 0. The zero-order valence-corrected chi connectivity index (χ0v) is 13.4. The van der Waals surface area contributed by atoms with Gasteiger partial charge in [-0.15, -0.1) is 0 Å². The van der Waals surface area contributed by atoms with Crippen molar-refractivity contribution in [3.8, 4) is 0 Å². The second-order valence-electron chi connectivity index (χ2n) is 5.88. The normalized spacial score (nSPS) is 19.2. The molecule has 0 amide bonds. The smallest absolute Gasteiger partial charge is 0.451 e. The number of carboxylic acids is 1. The van der Waals surface area contributed by atoms with Gasteiger partial charge in [-0.05, 0) is 45.1 Å². The number of hydrogen-bond donors (Lipinski definition) is 4. The van der Waals surface area contributed by atoms with E-state index in [1.54, 1.807) is 0 Å². The molecule has 0 aromatic rings. The molecule has 1 heterocycles. The number of likely N-dealkylation sites (tertiary alicyclic amines) is 1. The predicted octanol–water partition coefficient (Wildman–Crippen LogP) is -0.440. The summed E-state index contributed by atoms with van der Waals surface area (Å²) >= 11 is 0. The lowest BCUT2D eigenvalue weighted by atomic mass is 9.83. The number of carbonyl (C=O) groups excluding carboxylic acids is 2. The molecular formula is C14H27BN2O6. The summed E-state index contributed by atoms with van der Waals surface area (Å²) in [7, 11) is -1.22. The molecule has 0 radical (unpaired) electrons. The lowest BCUT2D eigenvalue weighted by molar-refractivity contribution is -0.191. The Morgan fingerprint density at radius 2 is 1.96 bits per heavy atom. The van der Waals surface area contributed by atoms with Gasteiger partial charge in [0.05, 0.1) is 5.92 Å². The lowest BCUT2D eigenvalue weighted by Gasteiger charge is -2.31. The summed E-state index contributed by atoms with van der Waals surface area (Å²) in [6.07, 6.45) is 5.80. The van der Waals surface area contributed by atoms with Crippen LogP contribution in [0, 0.1) is 5.92 Å². The minimum Gasteiger partial charge on any atom is -0.481 e. The summed E-state index contributed by atoms with van der Waals surface area (Å²) in [5, 5.41) is 26.5. The van der Waals surface area contributed by atoms with Gasteiger partial charge in [0.25, 0.3) is 0 Å². The number of nitrogens with two attached hydrogens (primary N) is 1. The van der Waals surface area contributed by atoms with Crippen molar-refractivity contribution < 1.29 is 29.5 Å². The third-order valence-electron chi connectivity index (χ3n) is 3.96. The van der Waals surface area contributed by atoms with Gasteiger partial charge in [0.15, 0.2) is 0 Å². The number of unbranched alkanes of at least 4 members (excludes halogenated alkanes) is 1. The molecule has 0 aliphatic carbocycles. The number of hydrogen-bond acceptors (Lipinski definition) is 7. The van der Waals surface area contributed by atoms with E-state index in [4.69, 9.17) is 30.5 Å². The molecule has 2 atom stereocenters. The van der Waals surface area contributed by atoms with Crippen LogP contribution in [0.2, 0.25) is 6.32 Å². The van der Waals surface area contributed by atoms with Crippen LogP contribution in [0.25, 0.3) is 0 Å². The van der Waals surface area contributed by atoms with Crippen molar-refractivity contribution >= 4 is 19.2 Å². The third kappa shape index (κ3) is 11.9. The highest BCUT2D eigenvalue weighted by Gasteiger charge is 2.25. The van der Waals surface area contributed by atoms with E-state index in [1.165, 1.54) is 0 Å². The molecule has 0 aromatic heterocycles. The monoisotopic (exact) mass is 330 g/mol. The summed E-state index contributed by atoms with van der Waals surface area (Å²) in [5.41, 5.74) is 6.03. The first kappa shape index (κ1) is 21.8. The standard InChI is InChI=1S/C13H27BN2O4.CO2/c15-12(5-1-2-7-14(19)20)6-9-16-8-3-4-11(10-16)13(17)18;2-1-3/h11-12,19-20H,1-10,15H2,(H,17,18);/t11-,12?;/m0./s1. The maximum atomic E-state index is 11.0. The Balaban J connectivity index is 0.00000149. The van der Waals surface area contributed by atoms with Crippen molar-refractivity contribution in [3.63, 3.8) is 0 Å². The quantitative estimate of drug-likeness (QED) is 0.329. The van der Waals surface area contributed by atoms with E-state index in [9.17, 15) is 4.79 Å². The van der Waals surface area contributed by atoms with E-state index in [2.05, 4.69) is 4.90 Å². The van der Waals surface area contributed by atoms with E-state index in [-0.39, 0.29) is 18.1 Å². The molecule has 1 unspecified atom stereocenters. The van der Waals surface area contributed by atoms with Crippen LogP contribution >= 0.6 is 0 Å². The fourth-order valence-electron chi connectivity index (χ4n) is 2.69. The maximum Gasteiger partial charge on any atom is 0.451 e. The number of piperidine rings is 1. The molecule has 1 aliphatic rings. The number of aliphatic carboxylic acids is 1. The topological polar surface area (TPSA) is 141 Å². The van der Waals surface area contributed by atoms with Crippen molar-refractivity contribution in [3.05, 3.63) is 0 Å². The van der Waals surface area contributed by atoms with Crippen molar-refractivity contribution in [1.29, 1.82) is 0 Å². The highest BCUT2D eigenvalue weighted by Crippen LogP contribution is 2.17. The van der Waals surface area contributed by atoms with Crippen molar-refractivity contribution in [2.75, 3.05) is 19.6 Å². The zero-order chi connectivity index (χ0) is 17.7. The number of carboxylic acid groups (broad SMARTS) is 1. The average Bonchev–Trinajstić information content (AvgIpc) is 2.50. The van der Waals surface area contributed by atoms with Gasteiger partial charge >= 0.3 is 19.2 Å². The minimum atomic E-state index is -1.22. The zero-order valence-electron chi connectivity index (χ0n) is 13.4. The van der Waals surface area contributed by atoms with Gasteiger partial charge in [-0.25, -0.2) is 0 Å². The molecule has 1 saturated heterocycles. The Morgan fingerprint density at radius 3 is 2.52 bits per heavy atom. The van der Waals surface area contributed by atoms with Crippen molar-refractivity contribution in [2.24, 2.45) is 11.7 Å². The highest BCUT2D eigenvalue weighted by molar-refractivity contribution is 6.40. The molecule has 0 bridgehead atoms. The first-order valence-electron chi connectivity index (χ1n) is 7.96. The maximum absolute atomic E-state index is 11.0. The molecule has 1 aliphatic heterocycles. The predicted molar refractivity (Wildman–Crippen MR) is 83.2 cm³/mol. The first-order chi connectivity index (χ1) is 10.9. The largest absolute Gasteiger partial charge is 0.481 e. The summed E-state index contributed by atoms with van der Waals surface area (Å²) in [6, 6.07) is 0.107. The van der Waals surface area contributed by atoms with Crippen LogP contribution < -0.4 is 5.73 Å². The van der Waals surface area contributed by atoms with Crippen LogP contribution in [0.1, 0.15) is 38.5 Å². The van der Waals surface area contributed by atoms with Gasteiger partial charge in [0.2, 0.25) is 0 Å². The van der Waals surface area contributed by atoms with Crippen LogP contribution in [-0.4, -0.2) is 65.0 Å². The molecule has 8 nitrogen and oxygen atoms in total. The Kier molecular flexibility index (Phi) is 12.5. The molecule has 0 spiro atoms. The van der Waals surface area contributed by atoms with Crippen LogP contribution in [0.3, 0.4) is 0 Å². The van der Waals surface area contributed by atoms with E-state index >= 15 is 0 Å². The van der Waals surface area contributed by atoms with Crippen LogP contribution in [-0.2, 0) is 14.4 Å². The van der Waals surface area contributed by atoms with Crippen LogP contribution in [0.15, 0.2) is 0 Å². The Labute approximate surface area is 136 Å². The van der Waals surface area contributed by atoms with Gasteiger partial charge in [-0.3, -0.25) is 4.79 Å². The lowest BCUT2D eigenvalue weighted by Crippen LogP contribution is -2.40. The second-order valence-corrected chi connectivity index (χ2v) is 5.88. The molecule has 23 heavy (non-hydrogen) atoms. The van der Waals surface area contributed by atoms with Crippen LogP contribution in [0.4, 0.5) is 0 Å². The van der Waals surface area contributed by atoms with Gasteiger partial charge in [0.1, 0.15) is 0 Å². The number of rotatable bonds is 9. The Bertz CT molecular complexity index is 363. The molecule has 9 heteroatoms. The van der Waals surface area contributed by atoms with E-state index in [0.29, 0.717) is 12.9 Å². The summed E-state index contributed by atoms with van der Waals surface area (Å²) in [6.45, 7) is 2.46. The number of carbonyl (C=O) groups is 1. The molecule has 0 saturated carbocycles. The minimum absolute atomic E-state index is 0.107. The second kappa shape index (κ2) is 13.2. The van der Waals surface area contributed by atoms with E-state index < -0.39 is 13.1 Å². The SMILES string of the molecule is NC(CCCCB(O)O)CCN1CCC[C@H](C(=O)O)C1.O=C=O. The summed E-state index contributed by atoms with van der Waals surface area (Å²) in [5.74, 6) is -0.924. The Morgan fingerprint density at radius 1 is 1.30 bits per heavy atom. The van der Waals surface area contributed by atoms with E-state index in [0.717, 1.165) is 51.6 Å². The average molecular weight is 330 g/mol. The van der Waals surface area contributed by atoms with Gasteiger partial charge < -0.3 is 25.8 Å². The fourth-order valence-corrected chi connectivity index (χ4v) is 2.69. The van der Waals surface area contributed by atoms with E-state index in [1.807, 2.05) is 0 Å². The molecule has 0 aromatic carbocycles. The van der Waals surface area contributed by atoms with Crippen LogP contribution in [0.5, 0.6) is 0 Å². The van der Waals surface area contributed by atoms with Gasteiger partial charge in [-0.1, -0.05) is 12.8 Å². The van der Waals surface area contributed by atoms with Gasteiger partial charge in [-0.2, -0.15) is 9.59 Å². The molecular weight excluding hydrogens is 303 g/mol. The highest BCUT2D eigenvalue weighted by atomic mass is 16.4. The Hall–Kier alpha value is -1.25. The molecule has 132 valence electrons. The van der Waals surface area contributed by atoms with Crippen molar-refractivity contribution in [1.82, 2.24) is 4.90 Å². The van der Waals surface area contributed by atoms with Crippen molar-refractivity contribution in [2.45, 2.75) is 50.9 Å². The first-order valence-corrected chi connectivity index (χ1v) is 7.96.